The zero-order chi connectivity index (χ0) is 12.3. The van der Waals surface area contributed by atoms with Crippen LogP contribution in [0, 0.1) is 16.2 Å². The third-order valence-corrected chi connectivity index (χ3v) is 2.48. The summed E-state index contributed by atoms with van der Waals surface area (Å²) in [5.41, 5.74) is -0.0656. The minimum atomic E-state index is -0.337. The van der Waals surface area contributed by atoms with E-state index in [2.05, 4.69) is 41.5 Å². The summed E-state index contributed by atoms with van der Waals surface area (Å²) >= 11 is 0. The van der Waals surface area contributed by atoms with Crippen LogP contribution in [0.1, 0.15) is 54.4 Å². The van der Waals surface area contributed by atoms with Crippen LogP contribution in [0.5, 0.6) is 0 Å². The number of hydrogen-bond acceptors (Lipinski definition) is 2. The van der Waals surface area contributed by atoms with Gasteiger partial charge in [-0.2, -0.15) is 0 Å². The Balaban J connectivity index is 4.74. The Bertz CT molecular complexity index is 162. The van der Waals surface area contributed by atoms with Crippen molar-refractivity contribution in [2.75, 3.05) is 13.2 Å². The van der Waals surface area contributed by atoms with Crippen LogP contribution in [0.2, 0.25) is 0 Å². The fourth-order valence-electron chi connectivity index (χ4n) is 2.59. The third-order valence-electron chi connectivity index (χ3n) is 2.48. The molecule has 0 saturated heterocycles. The van der Waals surface area contributed by atoms with Crippen molar-refractivity contribution in [3.8, 4) is 0 Å². The van der Waals surface area contributed by atoms with Crippen molar-refractivity contribution in [1.82, 2.24) is 0 Å². The number of aliphatic hydroxyl groups is 2. The number of hydrogen-bond donors (Lipinski definition) is 2. The molecule has 0 aromatic heterocycles. The molecule has 0 aromatic carbocycles. The van der Waals surface area contributed by atoms with Gasteiger partial charge in [-0.3, -0.25) is 0 Å². The molecule has 0 amide bonds. The Hall–Kier alpha value is -0.0800. The zero-order valence-corrected chi connectivity index (χ0v) is 11.2. The summed E-state index contributed by atoms with van der Waals surface area (Å²) in [6.07, 6.45) is 1.70. The first-order valence-electron chi connectivity index (χ1n) is 5.75. The minimum absolute atomic E-state index is 0.0675. The van der Waals surface area contributed by atoms with Crippen LogP contribution >= 0.6 is 0 Å². The minimum Gasteiger partial charge on any atom is -0.396 e. The molecule has 2 heteroatoms. The van der Waals surface area contributed by atoms with Crippen molar-refractivity contribution in [3.63, 3.8) is 0 Å². The molecule has 0 radical (unpaired) electrons. The van der Waals surface area contributed by atoms with Crippen LogP contribution in [-0.4, -0.2) is 23.4 Å². The van der Waals surface area contributed by atoms with Gasteiger partial charge in [0.05, 0.1) is 13.2 Å². The highest BCUT2D eigenvalue weighted by atomic mass is 16.3. The summed E-state index contributed by atoms with van der Waals surface area (Å²) in [6.45, 7) is 13.0. The normalized spacial score (nSPS) is 14.4. The maximum atomic E-state index is 9.54. The summed E-state index contributed by atoms with van der Waals surface area (Å²) in [6, 6.07) is 0. The molecule has 0 unspecified atom stereocenters. The van der Waals surface area contributed by atoms with Gasteiger partial charge in [-0.25, -0.2) is 0 Å². The van der Waals surface area contributed by atoms with E-state index >= 15 is 0 Å². The van der Waals surface area contributed by atoms with Gasteiger partial charge in [0.15, 0.2) is 0 Å². The maximum absolute atomic E-state index is 9.54. The summed E-state index contributed by atoms with van der Waals surface area (Å²) in [4.78, 5) is 0. The second kappa shape index (κ2) is 4.84. The molecular formula is C13H28O2. The molecule has 0 saturated carbocycles. The van der Waals surface area contributed by atoms with Gasteiger partial charge in [-0.1, -0.05) is 41.5 Å². The predicted molar refractivity (Wildman–Crippen MR) is 64.7 cm³/mol. The van der Waals surface area contributed by atoms with E-state index in [1.807, 2.05) is 0 Å². The van der Waals surface area contributed by atoms with E-state index in [9.17, 15) is 10.2 Å². The second-order valence-electron chi connectivity index (χ2n) is 7.29. The molecule has 0 aliphatic rings. The topological polar surface area (TPSA) is 40.5 Å². The Morgan fingerprint density at radius 1 is 0.667 bits per heavy atom. The third kappa shape index (κ3) is 6.16. The summed E-state index contributed by atoms with van der Waals surface area (Å²) in [5.74, 6) is 0. The van der Waals surface area contributed by atoms with Gasteiger partial charge >= 0.3 is 0 Å². The largest absolute Gasteiger partial charge is 0.396 e. The van der Waals surface area contributed by atoms with Crippen molar-refractivity contribution in [2.45, 2.75) is 54.4 Å². The van der Waals surface area contributed by atoms with Crippen molar-refractivity contribution in [2.24, 2.45) is 16.2 Å². The molecule has 92 valence electrons. The van der Waals surface area contributed by atoms with Gasteiger partial charge < -0.3 is 10.2 Å². The van der Waals surface area contributed by atoms with Crippen LogP contribution in [-0.2, 0) is 0 Å². The SMILES string of the molecule is CC(C)(C)CC(CO)(CO)CC(C)(C)C. The van der Waals surface area contributed by atoms with E-state index in [4.69, 9.17) is 0 Å². The van der Waals surface area contributed by atoms with Gasteiger partial charge in [0.2, 0.25) is 0 Å². The van der Waals surface area contributed by atoms with Crippen LogP contribution in [0.25, 0.3) is 0 Å². The fourth-order valence-corrected chi connectivity index (χ4v) is 2.59. The molecule has 0 spiro atoms. The van der Waals surface area contributed by atoms with Gasteiger partial charge in [-0.15, -0.1) is 0 Å². The Morgan fingerprint density at radius 3 is 1.07 bits per heavy atom. The first-order valence-corrected chi connectivity index (χ1v) is 5.75. The van der Waals surface area contributed by atoms with E-state index in [0.717, 1.165) is 12.8 Å². The molecule has 0 heterocycles. The highest BCUT2D eigenvalue weighted by Crippen LogP contribution is 2.41. The van der Waals surface area contributed by atoms with Crippen molar-refractivity contribution < 1.29 is 10.2 Å². The molecule has 0 aromatic rings. The van der Waals surface area contributed by atoms with Crippen molar-refractivity contribution in [1.29, 1.82) is 0 Å². The molecule has 0 bridgehead atoms. The summed E-state index contributed by atoms with van der Waals surface area (Å²) in [7, 11) is 0. The van der Waals surface area contributed by atoms with Gasteiger partial charge in [0.25, 0.3) is 0 Å². The molecule has 0 atom stereocenters. The maximum Gasteiger partial charge on any atom is 0.0509 e. The second-order valence-corrected chi connectivity index (χ2v) is 7.29. The van der Waals surface area contributed by atoms with Crippen molar-refractivity contribution in [3.05, 3.63) is 0 Å². The quantitative estimate of drug-likeness (QED) is 0.758. The fraction of sp³-hybridized carbons (Fsp3) is 1.00. The first-order chi connectivity index (χ1) is 6.54. The highest BCUT2D eigenvalue weighted by Gasteiger charge is 2.36. The van der Waals surface area contributed by atoms with Gasteiger partial charge in [-0.05, 0) is 23.7 Å². The van der Waals surface area contributed by atoms with E-state index < -0.39 is 0 Å². The van der Waals surface area contributed by atoms with Crippen LogP contribution in [0.3, 0.4) is 0 Å². The average molecular weight is 216 g/mol. The monoisotopic (exact) mass is 216 g/mol. The predicted octanol–water partition coefficient (Wildman–Crippen LogP) is 2.83. The Morgan fingerprint density at radius 2 is 0.933 bits per heavy atom. The lowest BCUT2D eigenvalue weighted by molar-refractivity contribution is -0.00983. The van der Waals surface area contributed by atoms with E-state index in [1.165, 1.54) is 0 Å². The Labute approximate surface area is 94.7 Å². The van der Waals surface area contributed by atoms with E-state index in [1.54, 1.807) is 0 Å². The lowest BCUT2D eigenvalue weighted by Crippen LogP contribution is -2.37. The molecule has 0 rings (SSSR count). The standard InChI is InChI=1S/C13H28O2/c1-11(2,3)7-13(9-14,10-15)8-12(4,5)6/h14-15H,7-10H2,1-6H3. The lowest BCUT2D eigenvalue weighted by atomic mass is 9.67. The molecule has 2 nitrogen and oxygen atoms in total. The van der Waals surface area contributed by atoms with Crippen molar-refractivity contribution >= 4 is 0 Å². The number of rotatable bonds is 4. The molecule has 0 aliphatic heterocycles. The number of aliphatic hydroxyl groups excluding tert-OH is 2. The van der Waals surface area contributed by atoms with Crippen LogP contribution < -0.4 is 0 Å². The van der Waals surface area contributed by atoms with E-state index in [0.29, 0.717) is 0 Å². The molecule has 15 heavy (non-hydrogen) atoms. The smallest absolute Gasteiger partial charge is 0.0509 e. The average Bonchev–Trinajstić information content (AvgIpc) is 1.98. The van der Waals surface area contributed by atoms with E-state index in [-0.39, 0.29) is 29.5 Å². The van der Waals surface area contributed by atoms with Gasteiger partial charge in [0, 0.05) is 5.41 Å². The summed E-state index contributed by atoms with van der Waals surface area (Å²) < 4.78 is 0. The Kier molecular flexibility index (Phi) is 4.81. The molecule has 0 aliphatic carbocycles. The zero-order valence-electron chi connectivity index (χ0n) is 11.2. The van der Waals surface area contributed by atoms with Crippen LogP contribution in [0.15, 0.2) is 0 Å². The molecule has 2 N–H and O–H groups in total. The highest BCUT2D eigenvalue weighted by molar-refractivity contribution is 4.87. The van der Waals surface area contributed by atoms with Gasteiger partial charge in [0.1, 0.15) is 0 Å². The summed E-state index contributed by atoms with van der Waals surface area (Å²) in [5, 5.41) is 19.1. The molecule has 0 fully saturated rings. The van der Waals surface area contributed by atoms with Crippen LogP contribution in [0.4, 0.5) is 0 Å². The lowest BCUT2D eigenvalue weighted by Gasteiger charge is -2.40. The first kappa shape index (κ1) is 14.9. The molecular weight excluding hydrogens is 188 g/mol.